The van der Waals surface area contributed by atoms with E-state index in [0.29, 0.717) is 11.8 Å². The van der Waals surface area contributed by atoms with Crippen LogP contribution < -0.4 is 5.32 Å². The van der Waals surface area contributed by atoms with Gasteiger partial charge in [-0.15, -0.1) is 0 Å². The van der Waals surface area contributed by atoms with Crippen LogP contribution in [0.2, 0.25) is 0 Å². The normalized spacial score (nSPS) is 20.2. The van der Waals surface area contributed by atoms with Gasteiger partial charge in [-0.05, 0) is 30.6 Å². The van der Waals surface area contributed by atoms with Gasteiger partial charge in [0.15, 0.2) is 0 Å². The summed E-state index contributed by atoms with van der Waals surface area (Å²) >= 11 is 0. The quantitative estimate of drug-likeness (QED) is 0.620. The Morgan fingerprint density at radius 2 is 1.88 bits per heavy atom. The molecule has 0 spiro atoms. The molecule has 0 radical (unpaired) electrons. The summed E-state index contributed by atoms with van der Waals surface area (Å²) in [7, 11) is 0. The molecule has 1 aliphatic rings. The largest absolute Gasteiger partial charge is 0.396 e. The lowest BCUT2D eigenvalue weighted by Crippen LogP contribution is -2.42. The minimum atomic E-state index is 0.0469. The van der Waals surface area contributed by atoms with Crippen LogP contribution in [0.1, 0.15) is 46.0 Å². The highest BCUT2D eigenvalue weighted by Crippen LogP contribution is 2.39. The molecule has 1 atom stereocenters. The molecule has 1 aliphatic carbocycles. The van der Waals surface area contributed by atoms with Crippen LogP contribution in [0.3, 0.4) is 0 Å². The van der Waals surface area contributed by atoms with E-state index < -0.39 is 0 Å². The van der Waals surface area contributed by atoms with Crippen molar-refractivity contribution < 1.29 is 10.2 Å². The van der Waals surface area contributed by atoms with E-state index in [2.05, 4.69) is 19.2 Å². The van der Waals surface area contributed by atoms with Gasteiger partial charge in [-0.2, -0.15) is 0 Å². The molecule has 0 saturated heterocycles. The van der Waals surface area contributed by atoms with E-state index in [9.17, 15) is 0 Å². The van der Waals surface area contributed by atoms with Crippen molar-refractivity contribution in [3.8, 4) is 0 Å². The van der Waals surface area contributed by atoms with Crippen LogP contribution in [-0.4, -0.2) is 36.0 Å². The van der Waals surface area contributed by atoms with E-state index in [1.54, 1.807) is 0 Å². The zero-order valence-corrected chi connectivity index (χ0v) is 10.7. The molecule has 0 aliphatic heterocycles. The first-order valence-corrected chi connectivity index (χ1v) is 6.55. The van der Waals surface area contributed by atoms with Gasteiger partial charge in [0.25, 0.3) is 0 Å². The van der Waals surface area contributed by atoms with Crippen LogP contribution in [0.5, 0.6) is 0 Å². The van der Waals surface area contributed by atoms with Crippen LogP contribution in [0, 0.1) is 11.3 Å². The van der Waals surface area contributed by atoms with E-state index in [0.717, 1.165) is 12.5 Å². The Labute approximate surface area is 99.3 Å². The average molecular weight is 229 g/mol. The molecule has 0 bridgehead atoms. The molecule has 3 N–H and O–H groups in total. The van der Waals surface area contributed by atoms with E-state index in [1.807, 2.05) is 0 Å². The van der Waals surface area contributed by atoms with Crippen molar-refractivity contribution in [1.29, 1.82) is 0 Å². The predicted molar refractivity (Wildman–Crippen MR) is 66.3 cm³/mol. The second-order valence-electron chi connectivity index (χ2n) is 5.74. The SMILES string of the molecule is CC(C)(CNC(CO)CCO)C1CCCC1. The highest BCUT2D eigenvalue weighted by molar-refractivity contribution is 4.85. The first-order valence-electron chi connectivity index (χ1n) is 6.55. The first-order chi connectivity index (χ1) is 7.60. The summed E-state index contributed by atoms with van der Waals surface area (Å²) in [6.45, 7) is 5.80. The summed E-state index contributed by atoms with van der Waals surface area (Å²) in [5, 5.41) is 21.4. The third-order valence-corrected chi connectivity index (χ3v) is 4.00. The fourth-order valence-corrected chi connectivity index (χ4v) is 2.67. The van der Waals surface area contributed by atoms with E-state index in [1.165, 1.54) is 25.7 Å². The fraction of sp³-hybridized carbons (Fsp3) is 1.00. The minimum Gasteiger partial charge on any atom is -0.396 e. The van der Waals surface area contributed by atoms with E-state index >= 15 is 0 Å². The predicted octanol–water partition coefficient (Wildman–Crippen LogP) is 1.54. The molecule has 0 aromatic rings. The van der Waals surface area contributed by atoms with Crippen molar-refractivity contribution >= 4 is 0 Å². The number of hydrogen-bond donors (Lipinski definition) is 3. The molecule has 0 aromatic carbocycles. The summed E-state index contributed by atoms with van der Waals surface area (Å²) in [6, 6.07) is 0.0469. The number of aliphatic hydroxyl groups is 2. The molecule has 0 aromatic heterocycles. The number of hydrogen-bond acceptors (Lipinski definition) is 3. The first kappa shape index (κ1) is 13.9. The summed E-state index contributed by atoms with van der Waals surface area (Å²) in [5.74, 6) is 0.813. The van der Waals surface area contributed by atoms with Crippen LogP contribution in [0.15, 0.2) is 0 Å². The monoisotopic (exact) mass is 229 g/mol. The van der Waals surface area contributed by atoms with Crippen molar-refractivity contribution in [1.82, 2.24) is 5.32 Å². The summed E-state index contributed by atoms with van der Waals surface area (Å²) in [5.41, 5.74) is 0.305. The van der Waals surface area contributed by atoms with E-state index in [4.69, 9.17) is 10.2 Å². The zero-order chi connectivity index (χ0) is 12.0. The van der Waals surface area contributed by atoms with Gasteiger partial charge in [-0.25, -0.2) is 0 Å². The van der Waals surface area contributed by atoms with Crippen LogP contribution in [0.25, 0.3) is 0 Å². The molecule has 16 heavy (non-hydrogen) atoms. The van der Waals surface area contributed by atoms with Crippen LogP contribution >= 0.6 is 0 Å². The van der Waals surface area contributed by atoms with Crippen molar-refractivity contribution in [3.05, 3.63) is 0 Å². The lowest BCUT2D eigenvalue weighted by Gasteiger charge is -2.33. The Morgan fingerprint density at radius 1 is 1.25 bits per heavy atom. The number of nitrogens with one attached hydrogen (secondary N) is 1. The maximum absolute atomic E-state index is 9.15. The Bertz CT molecular complexity index is 188. The van der Waals surface area contributed by atoms with Crippen LogP contribution in [0.4, 0.5) is 0 Å². The second-order valence-corrected chi connectivity index (χ2v) is 5.74. The van der Waals surface area contributed by atoms with Gasteiger partial charge in [0.05, 0.1) is 6.61 Å². The molecule has 3 heteroatoms. The Morgan fingerprint density at radius 3 is 2.38 bits per heavy atom. The highest BCUT2D eigenvalue weighted by Gasteiger charge is 2.31. The third kappa shape index (κ3) is 4.04. The molecule has 1 fully saturated rings. The van der Waals surface area contributed by atoms with Gasteiger partial charge in [-0.3, -0.25) is 0 Å². The molecule has 96 valence electrons. The summed E-state index contributed by atoms with van der Waals surface area (Å²) < 4.78 is 0. The molecule has 1 unspecified atom stereocenters. The fourth-order valence-electron chi connectivity index (χ4n) is 2.67. The number of rotatable bonds is 7. The molecule has 3 nitrogen and oxygen atoms in total. The highest BCUT2D eigenvalue weighted by atomic mass is 16.3. The van der Waals surface area contributed by atoms with Gasteiger partial charge in [-0.1, -0.05) is 26.7 Å². The Kier molecular flexibility index (Phi) is 5.73. The molecular formula is C13H27NO2. The maximum atomic E-state index is 9.15. The minimum absolute atomic E-state index is 0.0469. The lowest BCUT2D eigenvalue weighted by atomic mass is 9.77. The van der Waals surface area contributed by atoms with Crippen LogP contribution in [-0.2, 0) is 0 Å². The number of aliphatic hydroxyl groups excluding tert-OH is 2. The molecule has 0 heterocycles. The zero-order valence-electron chi connectivity index (χ0n) is 10.7. The lowest BCUT2D eigenvalue weighted by molar-refractivity contribution is 0.161. The van der Waals surface area contributed by atoms with Gasteiger partial charge in [0.1, 0.15) is 0 Å². The average Bonchev–Trinajstić information content (AvgIpc) is 2.78. The molecule has 1 saturated carbocycles. The van der Waals surface area contributed by atoms with Crippen molar-refractivity contribution in [2.24, 2.45) is 11.3 Å². The smallest absolute Gasteiger partial charge is 0.0585 e. The Balaban J connectivity index is 2.33. The topological polar surface area (TPSA) is 52.5 Å². The maximum Gasteiger partial charge on any atom is 0.0585 e. The Hall–Kier alpha value is -0.120. The van der Waals surface area contributed by atoms with Gasteiger partial charge in [0, 0.05) is 19.2 Å². The molecular weight excluding hydrogens is 202 g/mol. The van der Waals surface area contributed by atoms with Crippen molar-refractivity contribution in [3.63, 3.8) is 0 Å². The summed E-state index contributed by atoms with van der Waals surface area (Å²) in [4.78, 5) is 0. The van der Waals surface area contributed by atoms with Crippen molar-refractivity contribution in [2.75, 3.05) is 19.8 Å². The second kappa shape index (κ2) is 6.58. The van der Waals surface area contributed by atoms with Crippen molar-refractivity contribution in [2.45, 2.75) is 52.0 Å². The third-order valence-electron chi connectivity index (χ3n) is 4.00. The molecule has 1 rings (SSSR count). The van der Waals surface area contributed by atoms with Gasteiger partial charge >= 0.3 is 0 Å². The summed E-state index contributed by atoms with van der Waals surface area (Å²) in [6.07, 6.45) is 6.07. The molecule has 0 amide bonds. The van der Waals surface area contributed by atoms with E-state index in [-0.39, 0.29) is 19.3 Å². The van der Waals surface area contributed by atoms with Gasteiger partial charge < -0.3 is 15.5 Å². The van der Waals surface area contributed by atoms with Gasteiger partial charge in [0.2, 0.25) is 0 Å². The standard InChI is InChI=1S/C13H27NO2/c1-13(2,11-5-3-4-6-11)10-14-12(9-16)7-8-15/h11-12,14-16H,3-10H2,1-2H3.